The van der Waals surface area contributed by atoms with Gasteiger partial charge in [-0.1, -0.05) is 12.1 Å². The minimum absolute atomic E-state index is 0.118. The normalized spacial score (nSPS) is 15.8. The average Bonchev–Trinajstić information content (AvgIpc) is 3.22. The topological polar surface area (TPSA) is 69.7 Å². The summed E-state index contributed by atoms with van der Waals surface area (Å²) in [7, 11) is 0. The van der Waals surface area contributed by atoms with E-state index in [1.165, 1.54) is 31.3 Å². The van der Waals surface area contributed by atoms with Gasteiger partial charge in [0.2, 0.25) is 0 Å². The van der Waals surface area contributed by atoms with E-state index in [4.69, 9.17) is 0 Å². The zero-order chi connectivity index (χ0) is 16.9. The third kappa shape index (κ3) is 3.63. The third-order valence-electron chi connectivity index (χ3n) is 4.60. The van der Waals surface area contributed by atoms with Crippen molar-refractivity contribution in [1.82, 2.24) is 20.2 Å². The lowest BCUT2D eigenvalue weighted by atomic mass is 10.1. The Morgan fingerprint density at radius 1 is 1.08 bits per heavy atom. The second kappa shape index (κ2) is 7.34. The maximum absolute atomic E-state index is 4.33. The van der Waals surface area contributed by atoms with E-state index in [-0.39, 0.29) is 6.04 Å². The van der Waals surface area contributed by atoms with Gasteiger partial charge < -0.3 is 10.2 Å². The fraction of sp³-hybridized carbons (Fsp3) is 0.316. The van der Waals surface area contributed by atoms with Crippen LogP contribution in [-0.4, -0.2) is 33.3 Å². The number of hydrogen-bond acceptors (Lipinski definition) is 5. The molecule has 0 bridgehead atoms. The molecule has 0 radical (unpaired) electrons. The zero-order valence-corrected chi connectivity index (χ0v) is 14.1. The number of rotatable bonds is 5. The van der Waals surface area contributed by atoms with E-state index in [0.717, 1.165) is 30.2 Å². The molecule has 1 aromatic carbocycles. The van der Waals surface area contributed by atoms with Crippen LogP contribution in [0.4, 0.5) is 11.4 Å². The van der Waals surface area contributed by atoms with Crippen LogP contribution in [0.25, 0.3) is 0 Å². The predicted octanol–water partition coefficient (Wildman–Crippen LogP) is 3.39. The molecule has 2 N–H and O–H groups in total. The lowest BCUT2D eigenvalue weighted by molar-refractivity contribution is 0.578. The van der Waals surface area contributed by atoms with Gasteiger partial charge in [-0.15, -0.1) is 0 Å². The molecule has 0 aliphatic carbocycles. The fourth-order valence-electron chi connectivity index (χ4n) is 3.32. The molecule has 1 atom stereocenters. The molecular formula is C19H22N6. The molecular weight excluding hydrogens is 312 g/mol. The Labute approximate surface area is 147 Å². The van der Waals surface area contributed by atoms with E-state index in [1.54, 1.807) is 6.20 Å². The highest BCUT2D eigenvalue weighted by molar-refractivity contribution is 5.59. The first kappa shape index (κ1) is 15.6. The lowest BCUT2D eigenvalue weighted by Gasteiger charge is -2.29. The van der Waals surface area contributed by atoms with E-state index in [0.29, 0.717) is 0 Å². The van der Waals surface area contributed by atoms with Gasteiger partial charge in [-0.3, -0.25) is 10.1 Å². The van der Waals surface area contributed by atoms with Crippen LogP contribution in [0.3, 0.4) is 0 Å². The van der Waals surface area contributed by atoms with Crippen molar-refractivity contribution in [3.63, 3.8) is 0 Å². The number of pyridine rings is 1. The molecule has 3 heterocycles. The molecule has 25 heavy (non-hydrogen) atoms. The molecule has 6 nitrogen and oxygen atoms in total. The molecule has 1 aliphatic heterocycles. The Balaban J connectivity index is 1.60. The highest BCUT2D eigenvalue weighted by atomic mass is 15.2. The summed E-state index contributed by atoms with van der Waals surface area (Å²) in [5.74, 6) is 0.774. The van der Waals surface area contributed by atoms with Crippen LogP contribution in [0.2, 0.25) is 0 Å². The van der Waals surface area contributed by atoms with Gasteiger partial charge >= 0.3 is 0 Å². The molecule has 1 saturated heterocycles. The Morgan fingerprint density at radius 2 is 2.00 bits per heavy atom. The summed E-state index contributed by atoms with van der Waals surface area (Å²) in [6, 6.07) is 12.5. The second-order valence-electron chi connectivity index (χ2n) is 6.33. The van der Waals surface area contributed by atoms with Gasteiger partial charge in [0.25, 0.3) is 0 Å². The Bertz CT molecular complexity index is 781. The van der Waals surface area contributed by atoms with Gasteiger partial charge in [-0.2, -0.15) is 5.10 Å². The lowest BCUT2D eigenvalue weighted by Crippen LogP contribution is -2.29. The summed E-state index contributed by atoms with van der Waals surface area (Å²) in [6.07, 6.45) is 9.04. The molecule has 6 heteroatoms. The average molecular weight is 334 g/mol. The first-order valence-electron chi connectivity index (χ1n) is 8.77. The number of nitrogens with one attached hydrogen (secondary N) is 2. The van der Waals surface area contributed by atoms with Crippen LogP contribution in [0.15, 0.2) is 55.1 Å². The Morgan fingerprint density at radius 3 is 2.76 bits per heavy atom. The van der Waals surface area contributed by atoms with Crippen molar-refractivity contribution < 1.29 is 0 Å². The van der Waals surface area contributed by atoms with Crippen LogP contribution in [-0.2, 0) is 0 Å². The van der Waals surface area contributed by atoms with E-state index < -0.39 is 0 Å². The van der Waals surface area contributed by atoms with Crippen molar-refractivity contribution in [2.24, 2.45) is 0 Å². The molecule has 3 aromatic rings. The molecule has 2 aromatic heterocycles. The minimum Gasteiger partial charge on any atom is -0.371 e. The molecule has 0 saturated carbocycles. The monoisotopic (exact) mass is 334 g/mol. The van der Waals surface area contributed by atoms with Crippen molar-refractivity contribution in [3.05, 3.63) is 66.5 Å². The quantitative estimate of drug-likeness (QED) is 0.748. The zero-order valence-electron chi connectivity index (χ0n) is 14.1. The third-order valence-corrected chi connectivity index (χ3v) is 4.60. The number of nitrogens with zero attached hydrogens (tertiary/aromatic N) is 4. The van der Waals surface area contributed by atoms with Crippen LogP contribution in [0.5, 0.6) is 0 Å². The highest BCUT2D eigenvalue weighted by Crippen LogP contribution is 2.27. The van der Waals surface area contributed by atoms with Gasteiger partial charge in [0, 0.05) is 42.4 Å². The Kier molecular flexibility index (Phi) is 4.59. The molecule has 1 aliphatic rings. The summed E-state index contributed by atoms with van der Waals surface area (Å²) in [6.45, 7) is 2.27. The summed E-state index contributed by atoms with van der Waals surface area (Å²) in [5, 5.41) is 10.5. The van der Waals surface area contributed by atoms with Crippen LogP contribution in [0.1, 0.15) is 36.7 Å². The number of aromatic nitrogens is 4. The predicted molar refractivity (Wildman–Crippen MR) is 98.6 cm³/mol. The summed E-state index contributed by atoms with van der Waals surface area (Å²) in [5.41, 5.74) is 3.38. The maximum atomic E-state index is 4.33. The van der Waals surface area contributed by atoms with Gasteiger partial charge in [-0.25, -0.2) is 4.98 Å². The number of piperidine rings is 1. The van der Waals surface area contributed by atoms with E-state index in [1.807, 2.05) is 18.3 Å². The van der Waals surface area contributed by atoms with Crippen molar-refractivity contribution in [2.45, 2.75) is 25.3 Å². The van der Waals surface area contributed by atoms with Gasteiger partial charge in [0.15, 0.2) is 5.82 Å². The first-order valence-corrected chi connectivity index (χ1v) is 8.77. The van der Waals surface area contributed by atoms with Crippen molar-refractivity contribution in [2.75, 3.05) is 23.3 Å². The number of hydrogen-bond donors (Lipinski definition) is 2. The summed E-state index contributed by atoms with van der Waals surface area (Å²) >= 11 is 0. The number of benzene rings is 1. The standard InChI is InChI=1S/C19H22N6/c1-2-10-25(11-3-1)17-8-4-7-16(12-17)23-18(19-21-14-22-24-19)15-6-5-9-20-13-15/h4-9,12-14,18,23H,1-3,10-11H2,(H,21,22,24). The van der Waals surface area contributed by atoms with E-state index in [9.17, 15) is 0 Å². The smallest absolute Gasteiger partial charge is 0.151 e. The van der Waals surface area contributed by atoms with E-state index >= 15 is 0 Å². The summed E-state index contributed by atoms with van der Waals surface area (Å²) < 4.78 is 0. The first-order chi connectivity index (χ1) is 12.4. The number of aromatic amines is 1. The number of H-pyrrole nitrogens is 1. The SMILES string of the molecule is c1cncc(C(Nc2cccc(N3CCCCC3)c2)c2ncn[nH]2)c1. The molecule has 0 amide bonds. The largest absolute Gasteiger partial charge is 0.371 e. The molecule has 128 valence electrons. The van der Waals surface area contributed by atoms with Crippen LogP contribution < -0.4 is 10.2 Å². The minimum atomic E-state index is -0.118. The summed E-state index contributed by atoms with van der Waals surface area (Å²) in [4.78, 5) is 11.0. The van der Waals surface area contributed by atoms with Gasteiger partial charge in [0.1, 0.15) is 12.4 Å². The molecule has 1 fully saturated rings. The van der Waals surface area contributed by atoms with Crippen molar-refractivity contribution in [3.8, 4) is 0 Å². The molecule has 4 rings (SSSR count). The maximum Gasteiger partial charge on any atom is 0.151 e. The van der Waals surface area contributed by atoms with E-state index in [2.05, 4.69) is 54.6 Å². The van der Waals surface area contributed by atoms with Crippen LogP contribution in [0, 0.1) is 0 Å². The van der Waals surface area contributed by atoms with Gasteiger partial charge in [-0.05, 0) is 43.5 Å². The molecule has 0 spiro atoms. The Hall–Kier alpha value is -2.89. The second-order valence-corrected chi connectivity index (χ2v) is 6.33. The fourth-order valence-corrected chi connectivity index (χ4v) is 3.32. The molecule has 1 unspecified atom stereocenters. The van der Waals surface area contributed by atoms with Crippen LogP contribution >= 0.6 is 0 Å². The highest BCUT2D eigenvalue weighted by Gasteiger charge is 2.18. The number of anilines is 2. The van der Waals surface area contributed by atoms with Crippen molar-refractivity contribution >= 4 is 11.4 Å². The van der Waals surface area contributed by atoms with Gasteiger partial charge in [0.05, 0.1) is 0 Å². The van der Waals surface area contributed by atoms with Crippen molar-refractivity contribution in [1.29, 1.82) is 0 Å².